The Labute approximate surface area is 225 Å². The van der Waals surface area contributed by atoms with Gasteiger partial charge in [0.2, 0.25) is 0 Å². The quantitative estimate of drug-likeness (QED) is 0.542. The monoisotopic (exact) mass is 541 g/mol. The van der Waals surface area contributed by atoms with E-state index in [1.807, 2.05) is 19.1 Å². The number of allylic oxidation sites excluding steroid dienone is 3. The smallest absolute Gasteiger partial charge is 0.198 e. The van der Waals surface area contributed by atoms with Gasteiger partial charge in [-0.25, -0.2) is 5.06 Å². The lowest BCUT2D eigenvalue weighted by Gasteiger charge is -2.57. The number of benzene rings is 1. The van der Waals surface area contributed by atoms with Crippen molar-refractivity contribution in [2.45, 2.75) is 63.2 Å². The van der Waals surface area contributed by atoms with E-state index < -0.39 is 29.5 Å². The number of nitrogens with zero attached hydrogens (tertiary/aromatic N) is 1. The number of hydroxylamine groups is 2. The number of carbonyl (C=O) groups is 2. The van der Waals surface area contributed by atoms with Gasteiger partial charge in [0, 0.05) is 27.5 Å². The van der Waals surface area contributed by atoms with Crippen molar-refractivity contribution < 1.29 is 24.6 Å². The van der Waals surface area contributed by atoms with Crippen LogP contribution in [-0.2, 0) is 21.0 Å². The number of hydrogen-bond donors (Lipinski definition) is 2. The van der Waals surface area contributed by atoms with E-state index in [0.717, 1.165) is 35.2 Å². The van der Waals surface area contributed by atoms with Gasteiger partial charge in [0.15, 0.2) is 17.2 Å². The van der Waals surface area contributed by atoms with E-state index in [-0.39, 0.29) is 23.5 Å². The number of hydrogen-bond acceptors (Lipinski definition) is 6. The molecule has 0 unspecified atom stereocenters. The molecule has 0 radical (unpaired) electrons. The molecule has 1 aliphatic heterocycles. The summed E-state index contributed by atoms with van der Waals surface area (Å²) in [6, 6.07) is 7.40. The van der Waals surface area contributed by atoms with Gasteiger partial charge in [-0.3, -0.25) is 14.4 Å². The molecule has 6 nitrogen and oxygen atoms in total. The van der Waals surface area contributed by atoms with Gasteiger partial charge in [-0.15, -0.1) is 11.6 Å². The Hall–Kier alpha value is -2.22. The molecule has 0 saturated carbocycles. The first-order valence-corrected chi connectivity index (χ1v) is 13.5. The first-order valence-electron chi connectivity index (χ1n) is 12.7. The van der Waals surface area contributed by atoms with Crippen LogP contribution >= 0.6 is 23.2 Å². The van der Waals surface area contributed by atoms with E-state index in [9.17, 15) is 19.8 Å². The van der Waals surface area contributed by atoms with Crippen LogP contribution in [0.25, 0.3) is 0 Å². The Balaban J connectivity index is 1.59. The summed E-state index contributed by atoms with van der Waals surface area (Å²) in [5.41, 5.74) is 2.85. The highest BCUT2D eigenvalue weighted by Gasteiger charge is 2.67. The molecule has 194 valence electrons. The molecule has 5 aliphatic rings. The molecule has 8 heteroatoms. The standard InChI is InChI=1S/C29H29Cl2NO5/c1-15-9-21-23(34)11-20-19-10-17-5-8-22(31)26(17)27(19)32(13-16-3-6-18(30)7-4-16)37-29(20,25(36)14-33)28(21,2)12-24(15)35/h3-4,6-7,9,11,15,22,24,33,35H,5,8,10,12-14H2,1-2H3/t15-,22+,24+,28+,29-/m1/s1. The number of carbonyl (C=O) groups excluding carboxylic acids is 2. The van der Waals surface area contributed by atoms with Crippen molar-refractivity contribution in [2.75, 3.05) is 6.61 Å². The summed E-state index contributed by atoms with van der Waals surface area (Å²) in [5.74, 6) is -0.974. The fraction of sp³-hybridized carbons (Fsp3) is 0.448. The summed E-state index contributed by atoms with van der Waals surface area (Å²) in [6.07, 6.45) is 4.89. The SMILES string of the molecule is C[C@@H]1C=C2C(=O)C=C3C4=C(C5=C(CC[C@@H]5Cl)C4)N(Cc4ccc(Cl)cc4)O[C@]3(C(=O)CO)[C@@]2(C)C[C@@H]1O. The van der Waals surface area contributed by atoms with Gasteiger partial charge in [0.1, 0.15) is 6.61 Å². The molecule has 1 heterocycles. The zero-order valence-corrected chi connectivity index (χ0v) is 22.3. The maximum absolute atomic E-state index is 13.9. The average molecular weight is 542 g/mol. The number of alkyl halides is 1. The van der Waals surface area contributed by atoms with Gasteiger partial charge in [0.05, 0.1) is 23.7 Å². The number of fused-ring (bicyclic) bond motifs is 5. The molecule has 37 heavy (non-hydrogen) atoms. The van der Waals surface area contributed by atoms with Crippen LogP contribution in [-0.4, -0.2) is 50.5 Å². The molecule has 0 spiro atoms. The minimum absolute atomic E-state index is 0.150. The largest absolute Gasteiger partial charge is 0.392 e. The Morgan fingerprint density at radius 2 is 1.97 bits per heavy atom. The zero-order chi connectivity index (χ0) is 26.3. The number of halogens is 2. The maximum atomic E-state index is 13.9. The third-order valence-electron chi connectivity index (χ3n) is 8.87. The van der Waals surface area contributed by atoms with Crippen molar-refractivity contribution in [3.8, 4) is 0 Å². The van der Waals surface area contributed by atoms with E-state index in [4.69, 9.17) is 28.0 Å². The summed E-state index contributed by atoms with van der Waals surface area (Å²) >= 11 is 12.9. The van der Waals surface area contributed by atoms with Crippen LogP contribution in [0.1, 0.15) is 45.1 Å². The number of Topliss-reactive ketones (excluding diaryl/α,β-unsaturated/α-hetero) is 1. The van der Waals surface area contributed by atoms with Crippen molar-refractivity contribution in [1.82, 2.24) is 5.06 Å². The second-order valence-corrected chi connectivity index (χ2v) is 12.0. The van der Waals surface area contributed by atoms with Gasteiger partial charge in [-0.1, -0.05) is 49.2 Å². The van der Waals surface area contributed by atoms with Crippen molar-refractivity contribution >= 4 is 34.8 Å². The molecule has 6 rings (SSSR count). The van der Waals surface area contributed by atoms with E-state index in [1.165, 1.54) is 11.6 Å². The van der Waals surface area contributed by atoms with Crippen LogP contribution in [0.3, 0.4) is 0 Å². The average Bonchev–Trinajstić information content (AvgIpc) is 3.42. The Morgan fingerprint density at radius 1 is 1.24 bits per heavy atom. The minimum atomic E-state index is -1.67. The van der Waals surface area contributed by atoms with Gasteiger partial charge in [-0.2, -0.15) is 0 Å². The van der Waals surface area contributed by atoms with E-state index >= 15 is 0 Å². The second kappa shape index (κ2) is 8.65. The molecule has 0 bridgehead atoms. The second-order valence-electron chi connectivity index (χ2n) is 11.0. The summed E-state index contributed by atoms with van der Waals surface area (Å²) in [6.45, 7) is 3.21. The third kappa shape index (κ3) is 3.43. The van der Waals surface area contributed by atoms with E-state index in [2.05, 4.69) is 0 Å². The first kappa shape index (κ1) is 25.1. The van der Waals surface area contributed by atoms with Gasteiger partial charge < -0.3 is 10.2 Å². The molecule has 4 aliphatic carbocycles. The zero-order valence-electron chi connectivity index (χ0n) is 20.8. The first-order chi connectivity index (χ1) is 17.6. The molecular weight excluding hydrogens is 513 g/mol. The number of rotatable bonds is 4. The fourth-order valence-electron chi connectivity index (χ4n) is 6.98. The van der Waals surface area contributed by atoms with Gasteiger partial charge in [0.25, 0.3) is 0 Å². The van der Waals surface area contributed by atoms with Crippen molar-refractivity contribution in [2.24, 2.45) is 11.3 Å². The molecule has 0 saturated heterocycles. The van der Waals surface area contributed by atoms with Crippen LogP contribution < -0.4 is 0 Å². The van der Waals surface area contributed by atoms with Crippen molar-refractivity contribution in [1.29, 1.82) is 0 Å². The number of aliphatic hydroxyl groups excluding tert-OH is 2. The molecule has 0 fully saturated rings. The predicted molar refractivity (Wildman–Crippen MR) is 140 cm³/mol. The number of aliphatic hydroxyl groups is 2. The molecular formula is C29H29Cl2NO5. The highest BCUT2D eigenvalue weighted by Crippen LogP contribution is 2.62. The fourth-order valence-corrected chi connectivity index (χ4v) is 7.48. The summed E-state index contributed by atoms with van der Waals surface area (Å²) in [5, 5.41) is 23.3. The molecule has 1 aromatic rings. The topological polar surface area (TPSA) is 87.1 Å². The van der Waals surface area contributed by atoms with Crippen molar-refractivity contribution in [3.63, 3.8) is 0 Å². The van der Waals surface area contributed by atoms with Crippen LogP contribution in [0.2, 0.25) is 5.02 Å². The number of ketones is 2. The summed E-state index contributed by atoms with van der Waals surface area (Å²) < 4.78 is 0. The third-order valence-corrected chi connectivity index (χ3v) is 9.56. The van der Waals surface area contributed by atoms with E-state index in [1.54, 1.807) is 30.2 Å². The normalized spacial score (nSPS) is 34.6. The van der Waals surface area contributed by atoms with Gasteiger partial charge in [-0.05, 0) is 60.6 Å². The van der Waals surface area contributed by atoms with Crippen molar-refractivity contribution in [3.05, 3.63) is 80.6 Å². The Bertz CT molecular complexity index is 1340. The highest BCUT2D eigenvalue weighted by atomic mass is 35.5. The van der Waals surface area contributed by atoms with Gasteiger partial charge >= 0.3 is 0 Å². The lowest BCUT2D eigenvalue weighted by Crippen LogP contribution is -2.66. The van der Waals surface area contributed by atoms with E-state index in [0.29, 0.717) is 29.1 Å². The lowest BCUT2D eigenvalue weighted by molar-refractivity contribution is -0.254. The Kier molecular flexibility index (Phi) is 5.86. The molecule has 1 aromatic carbocycles. The van der Waals surface area contributed by atoms with Crippen LogP contribution in [0.5, 0.6) is 0 Å². The highest BCUT2D eigenvalue weighted by molar-refractivity contribution is 6.30. The molecule has 2 N–H and O–H groups in total. The molecule has 5 atom stereocenters. The maximum Gasteiger partial charge on any atom is 0.198 e. The van der Waals surface area contributed by atoms with Crippen LogP contribution in [0, 0.1) is 11.3 Å². The predicted octanol–water partition coefficient (Wildman–Crippen LogP) is 4.59. The molecule has 0 amide bonds. The Morgan fingerprint density at radius 3 is 2.68 bits per heavy atom. The summed E-state index contributed by atoms with van der Waals surface area (Å²) in [7, 11) is 0. The minimum Gasteiger partial charge on any atom is -0.392 e. The molecule has 0 aromatic heterocycles. The lowest BCUT2D eigenvalue weighted by atomic mass is 9.52. The van der Waals surface area contributed by atoms with Crippen LogP contribution in [0.15, 0.2) is 70.0 Å². The summed E-state index contributed by atoms with van der Waals surface area (Å²) in [4.78, 5) is 34.2. The van der Waals surface area contributed by atoms with Crippen LogP contribution in [0.4, 0.5) is 0 Å².